The van der Waals surface area contributed by atoms with Crippen molar-refractivity contribution in [1.29, 1.82) is 0 Å². The van der Waals surface area contributed by atoms with Gasteiger partial charge in [0.2, 0.25) is 0 Å². The van der Waals surface area contributed by atoms with Crippen molar-refractivity contribution in [1.82, 2.24) is 9.88 Å². The highest BCUT2D eigenvalue weighted by atomic mass is 32.1. The molecule has 1 aromatic heterocycles. The maximum Gasteiger partial charge on any atom is 0.320 e. The molecule has 1 unspecified atom stereocenters. The Morgan fingerprint density at radius 3 is 3.06 bits per heavy atom. The molecule has 0 aliphatic carbocycles. The smallest absolute Gasteiger partial charge is 0.320 e. The summed E-state index contributed by atoms with van der Waals surface area (Å²) in [7, 11) is 0. The topological polar surface area (TPSA) is 53.4 Å². The lowest BCUT2D eigenvalue weighted by molar-refractivity contribution is -0.142. The van der Waals surface area contributed by atoms with E-state index in [4.69, 9.17) is 5.11 Å². The van der Waals surface area contributed by atoms with E-state index >= 15 is 0 Å². The minimum Gasteiger partial charge on any atom is -0.480 e. The first-order valence-electron chi connectivity index (χ1n) is 6.06. The van der Waals surface area contributed by atoms with Gasteiger partial charge < -0.3 is 5.11 Å². The average Bonchev–Trinajstić information content (AvgIpc) is 2.69. The van der Waals surface area contributed by atoms with Crippen molar-refractivity contribution in [2.24, 2.45) is 0 Å². The normalized spacial score (nSPS) is 17.8. The summed E-state index contributed by atoms with van der Waals surface area (Å²) in [5, 5.41) is 10.2. The van der Waals surface area contributed by atoms with E-state index in [1.165, 1.54) is 15.6 Å². The van der Waals surface area contributed by atoms with Crippen LogP contribution in [0.4, 0.5) is 0 Å². The quantitative estimate of drug-likeness (QED) is 0.892. The molecule has 0 spiro atoms. The molecule has 0 aromatic carbocycles. The first-order valence-corrected chi connectivity index (χ1v) is 6.87. The fourth-order valence-electron chi connectivity index (χ4n) is 2.08. The monoisotopic (exact) mass is 254 g/mol. The molecule has 0 fully saturated rings. The number of fused-ring (bicyclic) bond motifs is 1. The summed E-state index contributed by atoms with van der Waals surface area (Å²) < 4.78 is 0. The van der Waals surface area contributed by atoms with Gasteiger partial charge >= 0.3 is 5.97 Å². The second-order valence-corrected chi connectivity index (χ2v) is 5.63. The first-order chi connectivity index (χ1) is 8.11. The summed E-state index contributed by atoms with van der Waals surface area (Å²) in [4.78, 5) is 18.9. The van der Waals surface area contributed by atoms with Gasteiger partial charge in [-0.25, -0.2) is 4.98 Å². The summed E-state index contributed by atoms with van der Waals surface area (Å²) in [6, 6.07) is -0.403. The summed E-state index contributed by atoms with van der Waals surface area (Å²) in [5.74, 6) is -0.744. The molecule has 0 radical (unpaired) electrons. The standard InChI is InChI=1S/C12H18N2O2S/c1-3-4-11-13-9-5-6-14(7-10(9)17-11)8(2)12(15)16/h8H,3-7H2,1-2H3,(H,15,16). The Balaban J connectivity index is 2.10. The zero-order chi connectivity index (χ0) is 12.4. The average molecular weight is 254 g/mol. The lowest BCUT2D eigenvalue weighted by Crippen LogP contribution is -2.41. The van der Waals surface area contributed by atoms with E-state index < -0.39 is 12.0 Å². The molecule has 1 aromatic rings. The Morgan fingerprint density at radius 1 is 1.65 bits per heavy atom. The summed E-state index contributed by atoms with van der Waals surface area (Å²) in [5.41, 5.74) is 1.19. The maximum atomic E-state index is 11.0. The van der Waals surface area contributed by atoms with Crippen LogP contribution in [-0.2, 0) is 24.2 Å². The number of carboxylic acid groups (broad SMARTS) is 1. The van der Waals surface area contributed by atoms with Crippen LogP contribution in [0, 0.1) is 0 Å². The lowest BCUT2D eigenvalue weighted by atomic mass is 10.1. The number of aryl methyl sites for hydroxylation is 1. The second kappa shape index (κ2) is 5.14. The number of carboxylic acids is 1. The van der Waals surface area contributed by atoms with Gasteiger partial charge in [-0.2, -0.15) is 0 Å². The minimum atomic E-state index is -0.744. The van der Waals surface area contributed by atoms with Crippen LogP contribution in [-0.4, -0.2) is 33.5 Å². The van der Waals surface area contributed by atoms with Crippen LogP contribution in [0.5, 0.6) is 0 Å². The van der Waals surface area contributed by atoms with E-state index in [1.807, 2.05) is 4.90 Å². The van der Waals surface area contributed by atoms with Gasteiger partial charge in [0.15, 0.2) is 0 Å². The molecule has 2 rings (SSSR count). The number of nitrogens with zero attached hydrogens (tertiary/aromatic N) is 2. The summed E-state index contributed by atoms with van der Waals surface area (Å²) in [6.07, 6.45) is 3.03. The highest BCUT2D eigenvalue weighted by Crippen LogP contribution is 2.26. The van der Waals surface area contributed by atoms with Gasteiger partial charge in [-0.05, 0) is 19.8 Å². The molecule has 0 saturated carbocycles. The Labute approximate surface area is 105 Å². The predicted octanol–water partition coefficient (Wildman–Crippen LogP) is 1.93. The summed E-state index contributed by atoms with van der Waals surface area (Å²) >= 11 is 1.75. The Kier molecular flexibility index (Phi) is 3.79. The Bertz CT molecular complexity index is 417. The van der Waals surface area contributed by atoms with Gasteiger partial charge in [0.1, 0.15) is 6.04 Å². The van der Waals surface area contributed by atoms with E-state index in [9.17, 15) is 4.79 Å². The molecule has 1 aliphatic heterocycles. The third-order valence-corrected chi connectivity index (χ3v) is 4.32. The molecule has 17 heavy (non-hydrogen) atoms. The number of aromatic nitrogens is 1. The second-order valence-electron chi connectivity index (χ2n) is 4.46. The van der Waals surface area contributed by atoms with Crippen LogP contribution in [0.3, 0.4) is 0 Å². The van der Waals surface area contributed by atoms with E-state index in [0.29, 0.717) is 0 Å². The molecule has 5 heteroatoms. The molecule has 1 atom stereocenters. The highest BCUT2D eigenvalue weighted by Gasteiger charge is 2.27. The van der Waals surface area contributed by atoms with Crippen LogP contribution >= 0.6 is 11.3 Å². The fraction of sp³-hybridized carbons (Fsp3) is 0.667. The number of thiazole rings is 1. The van der Waals surface area contributed by atoms with E-state index in [1.54, 1.807) is 18.3 Å². The lowest BCUT2D eigenvalue weighted by Gasteiger charge is -2.29. The first kappa shape index (κ1) is 12.5. The zero-order valence-electron chi connectivity index (χ0n) is 10.3. The van der Waals surface area contributed by atoms with Crippen LogP contribution in [0.2, 0.25) is 0 Å². The van der Waals surface area contributed by atoms with Crippen molar-refractivity contribution in [2.75, 3.05) is 6.54 Å². The number of carbonyl (C=O) groups is 1. The highest BCUT2D eigenvalue weighted by molar-refractivity contribution is 7.11. The predicted molar refractivity (Wildman–Crippen MR) is 67.3 cm³/mol. The molecule has 1 N–H and O–H groups in total. The van der Waals surface area contributed by atoms with Gasteiger partial charge in [0, 0.05) is 24.4 Å². The number of hydrogen-bond donors (Lipinski definition) is 1. The Hall–Kier alpha value is -0.940. The van der Waals surface area contributed by atoms with Crippen molar-refractivity contribution in [2.45, 2.75) is 45.7 Å². The molecule has 1 aliphatic rings. The van der Waals surface area contributed by atoms with Crippen LogP contribution in [0.25, 0.3) is 0 Å². The van der Waals surface area contributed by atoms with E-state index in [-0.39, 0.29) is 0 Å². The molecule has 0 amide bonds. The number of rotatable bonds is 4. The molecule has 2 heterocycles. The van der Waals surface area contributed by atoms with Crippen molar-refractivity contribution in [3.8, 4) is 0 Å². The number of hydrogen-bond acceptors (Lipinski definition) is 4. The van der Waals surface area contributed by atoms with Gasteiger partial charge in [-0.3, -0.25) is 9.69 Å². The molecule has 4 nitrogen and oxygen atoms in total. The van der Waals surface area contributed by atoms with Gasteiger partial charge in [-0.15, -0.1) is 11.3 Å². The van der Waals surface area contributed by atoms with Crippen LogP contribution < -0.4 is 0 Å². The van der Waals surface area contributed by atoms with E-state index in [0.717, 1.165) is 32.4 Å². The number of aliphatic carboxylic acids is 1. The largest absolute Gasteiger partial charge is 0.480 e. The van der Waals surface area contributed by atoms with Gasteiger partial charge in [0.05, 0.1) is 10.7 Å². The molecular formula is C12H18N2O2S. The van der Waals surface area contributed by atoms with Crippen molar-refractivity contribution >= 4 is 17.3 Å². The summed E-state index contributed by atoms with van der Waals surface area (Å²) in [6.45, 7) is 5.44. The van der Waals surface area contributed by atoms with Crippen LogP contribution in [0.15, 0.2) is 0 Å². The molecule has 0 saturated heterocycles. The zero-order valence-corrected chi connectivity index (χ0v) is 11.1. The molecule has 94 valence electrons. The van der Waals surface area contributed by atoms with Gasteiger partial charge in [0.25, 0.3) is 0 Å². The van der Waals surface area contributed by atoms with Crippen molar-refractivity contribution in [3.63, 3.8) is 0 Å². The van der Waals surface area contributed by atoms with Crippen molar-refractivity contribution in [3.05, 3.63) is 15.6 Å². The van der Waals surface area contributed by atoms with Crippen LogP contribution in [0.1, 0.15) is 35.8 Å². The minimum absolute atomic E-state index is 0.403. The maximum absolute atomic E-state index is 11.0. The van der Waals surface area contributed by atoms with E-state index in [2.05, 4.69) is 11.9 Å². The van der Waals surface area contributed by atoms with Gasteiger partial charge in [-0.1, -0.05) is 6.92 Å². The van der Waals surface area contributed by atoms with Crippen molar-refractivity contribution < 1.29 is 9.90 Å². The SMILES string of the molecule is CCCc1nc2c(s1)CN(C(C)C(=O)O)CC2. The third kappa shape index (κ3) is 2.66. The third-order valence-electron chi connectivity index (χ3n) is 3.17. The molecule has 0 bridgehead atoms. The fourth-order valence-corrected chi connectivity index (χ4v) is 3.32. The Morgan fingerprint density at radius 2 is 2.41 bits per heavy atom. The molecular weight excluding hydrogens is 236 g/mol.